The Morgan fingerprint density at radius 1 is 0.638 bits per heavy atom. The van der Waals surface area contributed by atoms with Gasteiger partial charge < -0.3 is 30.7 Å². The highest BCUT2D eigenvalue weighted by Crippen LogP contribution is 2.25. The molecule has 0 radical (unpaired) electrons. The molecule has 4 atom stereocenters. The monoisotopic (exact) mass is 732 g/mol. The number of thioether (sulfide) groups is 3. The number of para-hydroxylation sites is 1. The molecule has 1 aromatic rings. The van der Waals surface area contributed by atoms with Crippen molar-refractivity contribution < 1.29 is 52.6 Å². The number of thiol groups is 1. The molecule has 47 heavy (non-hydrogen) atoms. The summed E-state index contributed by atoms with van der Waals surface area (Å²) in [6.45, 7) is 4.76. The number of esters is 2. The maximum absolute atomic E-state index is 13.2. The van der Waals surface area contributed by atoms with Crippen molar-refractivity contribution in [3.8, 4) is 5.75 Å². The molecule has 4 unspecified atom stereocenters. The summed E-state index contributed by atoms with van der Waals surface area (Å²) in [5, 5.41) is 7.94. The summed E-state index contributed by atoms with van der Waals surface area (Å²) in [5.41, 5.74) is -0.0601. The summed E-state index contributed by atoms with van der Waals surface area (Å²) in [5.74, 6) is -4.70. The molecule has 4 N–H and O–H groups in total. The lowest BCUT2D eigenvalue weighted by Crippen LogP contribution is -2.45. The van der Waals surface area contributed by atoms with Gasteiger partial charge in [-0.1, -0.05) is 47.4 Å². The van der Waals surface area contributed by atoms with E-state index in [1.165, 1.54) is 45.0 Å². The molecule has 258 valence electrons. The Morgan fingerprint density at radius 2 is 1.06 bits per heavy atom. The summed E-state index contributed by atoms with van der Waals surface area (Å²) >= 11 is 6.02. The Labute approximate surface area is 289 Å². The second kappa shape index (κ2) is 21.3. The maximum atomic E-state index is 13.2. The lowest BCUT2D eigenvalue weighted by atomic mass is 10.2. The van der Waals surface area contributed by atoms with Crippen molar-refractivity contribution in [2.45, 2.75) is 51.9 Å². The van der Waals surface area contributed by atoms with Gasteiger partial charge in [0.25, 0.3) is 0 Å². The molecule has 4 amide bonds. The van der Waals surface area contributed by atoms with Crippen molar-refractivity contribution >= 4 is 98.8 Å². The van der Waals surface area contributed by atoms with E-state index in [1.807, 2.05) is 0 Å². The van der Waals surface area contributed by atoms with Gasteiger partial charge in [0.05, 0.1) is 12.7 Å². The average molecular weight is 733 g/mol. The minimum atomic E-state index is -1.31. The average Bonchev–Trinajstić information content (AvgIpc) is 3.00. The van der Waals surface area contributed by atoms with Gasteiger partial charge in [-0.05, 0) is 12.1 Å². The van der Waals surface area contributed by atoms with Crippen LogP contribution in [0.2, 0.25) is 0 Å². The summed E-state index contributed by atoms with van der Waals surface area (Å²) in [6.07, 6.45) is 0. The molecule has 0 bridgehead atoms. The van der Waals surface area contributed by atoms with Crippen molar-refractivity contribution in [3.63, 3.8) is 0 Å². The van der Waals surface area contributed by atoms with Gasteiger partial charge in [-0.3, -0.25) is 33.6 Å². The fourth-order valence-corrected chi connectivity index (χ4v) is 6.63. The van der Waals surface area contributed by atoms with E-state index in [9.17, 15) is 43.2 Å². The van der Waals surface area contributed by atoms with E-state index in [4.69, 9.17) is 4.74 Å². The molecule has 0 saturated heterocycles. The molecule has 15 nitrogen and oxygen atoms in total. The smallest absolute Gasteiger partial charge is 0.334 e. The van der Waals surface area contributed by atoms with Crippen LogP contribution in [0.5, 0.6) is 5.75 Å². The second-order valence-electron chi connectivity index (χ2n) is 9.49. The third kappa shape index (κ3) is 15.7. The van der Waals surface area contributed by atoms with Crippen LogP contribution in [0.4, 0.5) is 0 Å². The number of hydrogen-bond donors (Lipinski definition) is 5. The molecule has 0 saturated carbocycles. The standard InChI is InChI=1S/C28H36N4O11S4/c1-14(33)29-19(10-44)27(40)46-12-21(31-16(3)35)25(38)43-23-9-7-6-8-18(23)26(39)45-13-22(32-17(4)36)28(41)47-11-20(24(37)42-5)30-15(2)34/h6-9,19-22,44H,10-13H2,1-5H3,(H,29,33)(H,30,34)(H,31,35)(H,32,36). The highest BCUT2D eigenvalue weighted by atomic mass is 32.2. The van der Waals surface area contributed by atoms with Crippen LogP contribution in [-0.2, 0) is 43.1 Å². The molecular formula is C28H36N4O11S4. The Hall–Kier alpha value is -3.55. The summed E-state index contributed by atoms with van der Waals surface area (Å²) in [6, 6.07) is 1.17. The number of ether oxygens (including phenoxy) is 2. The molecule has 0 aliphatic carbocycles. The Kier molecular flexibility index (Phi) is 18.8. The topological polar surface area (TPSA) is 220 Å². The molecular weight excluding hydrogens is 697 g/mol. The number of rotatable bonds is 17. The summed E-state index contributed by atoms with van der Waals surface area (Å²) in [4.78, 5) is 110. The van der Waals surface area contributed by atoms with Crippen molar-refractivity contribution in [2.75, 3.05) is 30.1 Å². The highest BCUT2D eigenvalue weighted by Gasteiger charge is 2.29. The van der Waals surface area contributed by atoms with E-state index in [-0.39, 0.29) is 34.3 Å². The minimum Gasteiger partial charge on any atom is -0.467 e. The molecule has 0 heterocycles. The zero-order valence-corrected chi connectivity index (χ0v) is 29.5. The number of nitrogens with one attached hydrogen (secondary N) is 4. The van der Waals surface area contributed by atoms with Crippen LogP contribution in [0, 0.1) is 0 Å². The van der Waals surface area contributed by atoms with Crippen LogP contribution in [0.15, 0.2) is 24.3 Å². The predicted octanol–water partition coefficient (Wildman–Crippen LogP) is 0.107. The lowest BCUT2D eigenvalue weighted by molar-refractivity contribution is -0.144. The number of benzene rings is 1. The van der Waals surface area contributed by atoms with Crippen LogP contribution in [0.25, 0.3) is 0 Å². The van der Waals surface area contributed by atoms with Gasteiger partial charge in [-0.15, -0.1) is 0 Å². The number of amides is 4. The fraction of sp³-hybridized carbons (Fsp3) is 0.464. The first-order valence-electron chi connectivity index (χ1n) is 13.7. The summed E-state index contributed by atoms with van der Waals surface area (Å²) < 4.78 is 10.1. The molecule has 0 spiro atoms. The third-order valence-corrected chi connectivity index (χ3v) is 9.00. The number of carbonyl (C=O) groups excluding carboxylic acids is 9. The predicted molar refractivity (Wildman–Crippen MR) is 180 cm³/mol. The zero-order valence-electron chi connectivity index (χ0n) is 26.1. The largest absolute Gasteiger partial charge is 0.467 e. The van der Waals surface area contributed by atoms with Gasteiger partial charge in [0.1, 0.15) is 29.9 Å². The van der Waals surface area contributed by atoms with Crippen molar-refractivity contribution in [1.82, 2.24) is 21.3 Å². The normalized spacial score (nSPS) is 13.1. The second-order valence-corrected chi connectivity index (χ2v) is 12.9. The third-order valence-electron chi connectivity index (χ3n) is 5.51. The lowest BCUT2D eigenvalue weighted by Gasteiger charge is -2.19. The highest BCUT2D eigenvalue weighted by molar-refractivity contribution is 8.15. The molecule has 0 aliphatic rings. The molecule has 1 rings (SSSR count). The van der Waals surface area contributed by atoms with Gasteiger partial charge in [-0.2, -0.15) is 12.6 Å². The van der Waals surface area contributed by atoms with Crippen molar-refractivity contribution in [1.29, 1.82) is 0 Å². The number of methoxy groups -OCH3 is 1. The molecule has 1 aromatic carbocycles. The van der Waals surface area contributed by atoms with E-state index in [0.29, 0.717) is 35.3 Å². The maximum Gasteiger partial charge on any atom is 0.334 e. The van der Waals surface area contributed by atoms with Crippen LogP contribution < -0.4 is 26.0 Å². The Morgan fingerprint density at radius 3 is 1.55 bits per heavy atom. The quantitative estimate of drug-likeness (QED) is 0.0816. The molecule has 0 aliphatic heterocycles. The van der Waals surface area contributed by atoms with Gasteiger partial charge >= 0.3 is 11.9 Å². The number of hydrogen-bond acceptors (Lipinski definition) is 15. The van der Waals surface area contributed by atoms with E-state index < -0.39 is 75.1 Å². The Balaban J connectivity index is 3.03. The van der Waals surface area contributed by atoms with Crippen LogP contribution >= 0.6 is 47.9 Å². The first kappa shape index (κ1) is 41.5. The van der Waals surface area contributed by atoms with Gasteiger partial charge in [0.15, 0.2) is 0 Å². The van der Waals surface area contributed by atoms with Crippen LogP contribution in [-0.4, -0.2) is 105 Å². The van der Waals surface area contributed by atoms with E-state index in [0.717, 1.165) is 14.0 Å². The SMILES string of the molecule is COC(=O)C(CSC(=O)C(CSC(=O)c1ccccc1OC(=O)C(CSC(=O)C(CS)NC(C)=O)NC(C)=O)NC(C)=O)NC(C)=O. The van der Waals surface area contributed by atoms with E-state index >= 15 is 0 Å². The van der Waals surface area contributed by atoms with Crippen LogP contribution in [0.3, 0.4) is 0 Å². The van der Waals surface area contributed by atoms with E-state index in [1.54, 1.807) is 0 Å². The van der Waals surface area contributed by atoms with Crippen molar-refractivity contribution in [2.24, 2.45) is 0 Å². The van der Waals surface area contributed by atoms with Gasteiger partial charge in [0, 0.05) is 50.7 Å². The molecule has 0 aromatic heterocycles. The number of carbonyl (C=O) groups is 9. The first-order chi connectivity index (χ1) is 22.1. The summed E-state index contributed by atoms with van der Waals surface area (Å²) in [7, 11) is 1.12. The zero-order chi connectivity index (χ0) is 35.7. The van der Waals surface area contributed by atoms with Crippen LogP contribution in [0.1, 0.15) is 38.1 Å². The Bertz CT molecular complexity index is 1360. The fourth-order valence-electron chi connectivity index (χ4n) is 3.48. The first-order valence-corrected chi connectivity index (χ1v) is 17.3. The minimum absolute atomic E-state index is 0.00593. The van der Waals surface area contributed by atoms with Crippen molar-refractivity contribution in [3.05, 3.63) is 29.8 Å². The van der Waals surface area contributed by atoms with Gasteiger partial charge in [-0.25, -0.2) is 9.59 Å². The molecule has 0 fully saturated rings. The van der Waals surface area contributed by atoms with Gasteiger partial charge in [0.2, 0.25) is 39.0 Å². The van der Waals surface area contributed by atoms with E-state index in [2.05, 4.69) is 38.6 Å². The molecule has 19 heteroatoms.